The molecule has 0 bridgehead atoms. The highest BCUT2D eigenvalue weighted by Crippen LogP contribution is 2.28. The van der Waals surface area contributed by atoms with Crippen molar-refractivity contribution in [3.63, 3.8) is 0 Å². The van der Waals surface area contributed by atoms with Crippen molar-refractivity contribution in [3.8, 4) is 0 Å². The topological polar surface area (TPSA) is 28.7 Å². The normalized spacial score (nSPS) is 15.1. The van der Waals surface area contributed by atoms with E-state index in [1.165, 1.54) is 16.7 Å². The Bertz CT molecular complexity index is 644. The molecule has 1 aliphatic carbocycles. The van der Waals surface area contributed by atoms with Gasteiger partial charge in [-0.15, -0.1) is 0 Å². The van der Waals surface area contributed by atoms with E-state index in [1.807, 2.05) is 0 Å². The van der Waals surface area contributed by atoms with E-state index in [-0.39, 0.29) is 0 Å². The third-order valence-electron chi connectivity index (χ3n) is 3.55. The summed E-state index contributed by atoms with van der Waals surface area (Å²) in [5.41, 5.74) is 6.29. The first-order valence-corrected chi connectivity index (χ1v) is 6.63. The van der Waals surface area contributed by atoms with Crippen molar-refractivity contribution < 1.29 is 0 Å². The van der Waals surface area contributed by atoms with Gasteiger partial charge in [0, 0.05) is 6.42 Å². The number of hydrogen-bond donors (Lipinski definition) is 1. The van der Waals surface area contributed by atoms with E-state index in [2.05, 4.69) is 54.2 Å². The fraction of sp³-hybridized carbons (Fsp3) is 0.312. The number of hydrogen-bond acceptors (Lipinski definition) is 1. The quantitative estimate of drug-likeness (QED) is 0.835. The highest BCUT2D eigenvalue weighted by molar-refractivity contribution is 5.84. The van der Waals surface area contributed by atoms with E-state index < -0.39 is 0 Å². The molecule has 2 nitrogen and oxygen atoms in total. The lowest BCUT2D eigenvalue weighted by Gasteiger charge is -2.10. The summed E-state index contributed by atoms with van der Waals surface area (Å²) < 4.78 is 0. The Kier molecular flexibility index (Phi) is 2.78. The van der Waals surface area contributed by atoms with Crippen LogP contribution in [0.5, 0.6) is 0 Å². The van der Waals surface area contributed by atoms with Gasteiger partial charge in [-0.3, -0.25) is 0 Å². The summed E-state index contributed by atoms with van der Waals surface area (Å²) in [7, 11) is 0. The predicted molar refractivity (Wildman–Crippen MR) is 76.6 cm³/mol. The molecule has 0 saturated carbocycles. The maximum Gasteiger partial charge on any atom is 0.106 e. The first-order valence-electron chi connectivity index (χ1n) is 6.63. The van der Waals surface area contributed by atoms with Crippen molar-refractivity contribution in [2.75, 3.05) is 0 Å². The van der Waals surface area contributed by atoms with Crippen LogP contribution in [0.1, 0.15) is 36.7 Å². The lowest BCUT2D eigenvalue weighted by molar-refractivity contribution is 1.000. The molecule has 18 heavy (non-hydrogen) atoms. The molecule has 1 aromatic carbocycles. The molecule has 1 aliphatic rings. The third kappa shape index (κ3) is 1.88. The molecule has 0 amide bonds. The van der Waals surface area contributed by atoms with Crippen molar-refractivity contribution in [2.45, 2.75) is 33.1 Å². The molecule has 1 N–H and O–H groups in total. The van der Waals surface area contributed by atoms with Gasteiger partial charge in [0.25, 0.3) is 0 Å². The highest BCUT2D eigenvalue weighted by Gasteiger charge is 2.09. The summed E-state index contributed by atoms with van der Waals surface area (Å²) >= 11 is 0. The summed E-state index contributed by atoms with van der Waals surface area (Å²) in [5, 5.41) is 0. The average molecular weight is 238 g/mol. The van der Waals surface area contributed by atoms with E-state index in [4.69, 9.17) is 0 Å². The molecular weight excluding hydrogens is 220 g/mol. The standard InChI is InChI=1S/C16H18N2/c1-3-15-17-14-10-13(9-11(2)16(14)18-15)12-7-5-4-6-8-12/h4-5,7,9-10H,3,6,8H2,1-2H3,(H,17,18). The Morgan fingerprint density at radius 3 is 2.94 bits per heavy atom. The van der Waals surface area contributed by atoms with Gasteiger partial charge in [-0.1, -0.05) is 25.2 Å². The average Bonchev–Trinajstić information content (AvgIpc) is 2.83. The van der Waals surface area contributed by atoms with Gasteiger partial charge in [0.15, 0.2) is 0 Å². The first-order chi connectivity index (χ1) is 8.78. The number of rotatable bonds is 2. The van der Waals surface area contributed by atoms with Crippen LogP contribution in [0.25, 0.3) is 16.6 Å². The molecular formula is C16H18N2. The van der Waals surface area contributed by atoms with Gasteiger partial charge < -0.3 is 4.98 Å². The monoisotopic (exact) mass is 238 g/mol. The SMILES string of the molecule is CCc1nc2c(C)cc(C3=CC=CCC3)cc2[nH]1. The van der Waals surface area contributed by atoms with E-state index in [0.29, 0.717) is 0 Å². The van der Waals surface area contributed by atoms with Crippen LogP contribution >= 0.6 is 0 Å². The number of nitrogens with zero attached hydrogens (tertiary/aromatic N) is 1. The summed E-state index contributed by atoms with van der Waals surface area (Å²) in [4.78, 5) is 8.04. The van der Waals surface area contributed by atoms with Crippen LogP contribution in [-0.4, -0.2) is 9.97 Å². The number of benzene rings is 1. The molecule has 0 fully saturated rings. The summed E-state index contributed by atoms with van der Waals surface area (Å²) in [5.74, 6) is 1.07. The zero-order valence-corrected chi connectivity index (χ0v) is 11.0. The number of aromatic nitrogens is 2. The molecule has 92 valence electrons. The smallest absolute Gasteiger partial charge is 0.106 e. The molecule has 0 radical (unpaired) electrons. The van der Waals surface area contributed by atoms with Crippen LogP contribution in [0.2, 0.25) is 0 Å². The number of imidazole rings is 1. The number of H-pyrrole nitrogens is 1. The van der Waals surface area contributed by atoms with Gasteiger partial charge in [0.1, 0.15) is 5.82 Å². The zero-order chi connectivity index (χ0) is 12.5. The Hall–Kier alpha value is -1.83. The van der Waals surface area contributed by atoms with Crippen LogP contribution in [-0.2, 0) is 6.42 Å². The molecule has 2 heteroatoms. The maximum atomic E-state index is 4.63. The molecule has 0 saturated heterocycles. The molecule has 0 spiro atoms. The van der Waals surface area contributed by atoms with Crippen molar-refractivity contribution in [2.24, 2.45) is 0 Å². The van der Waals surface area contributed by atoms with Crippen molar-refractivity contribution in [1.29, 1.82) is 0 Å². The fourth-order valence-electron chi connectivity index (χ4n) is 2.54. The lowest BCUT2D eigenvalue weighted by Crippen LogP contribution is -1.90. The third-order valence-corrected chi connectivity index (χ3v) is 3.55. The minimum atomic E-state index is 0.953. The van der Waals surface area contributed by atoms with E-state index in [9.17, 15) is 0 Å². The second kappa shape index (κ2) is 4.45. The molecule has 1 heterocycles. The first kappa shape index (κ1) is 11.3. The van der Waals surface area contributed by atoms with Gasteiger partial charge in [0.05, 0.1) is 11.0 Å². The molecule has 0 aliphatic heterocycles. The summed E-state index contributed by atoms with van der Waals surface area (Å²) in [6, 6.07) is 4.49. The Labute approximate surface area is 107 Å². The van der Waals surface area contributed by atoms with Crippen LogP contribution in [0, 0.1) is 6.92 Å². The van der Waals surface area contributed by atoms with Crippen LogP contribution < -0.4 is 0 Å². The molecule has 0 atom stereocenters. The molecule has 0 unspecified atom stereocenters. The van der Waals surface area contributed by atoms with Crippen molar-refractivity contribution >= 4 is 16.6 Å². The number of fused-ring (bicyclic) bond motifs is 1. The van der Waals surface area contributed by atoms with Crippen LogP contribution in [0.3, 0.4) is 0 Å². The Morgan fingerprint density at radius 1 is 1.33 bits per heavy atom. The Morgan fingerprint density at radius 2 is 2.22 bits per heavy atom. The molecule has 2 aromatic rings. The molecule has 1 aromatic heterocycles. The van der Waals surface area contributed by atoms with Gasteiger partial charge in [-0.2, -0.15) is 0 Å². The molecule has 3 rings (SSSR count). The largest absolute Gasteiger partial charge is 0.342 e. The Balaban J connectivity index is 2.14. The van der Waals surface area contributed by atoms with Gasteiger partial charge in [0.2, 0.25) is 0 Å². The van der Waals surface area contributed by atoms with Crippen LogP contribution in [0.15, 0.2) is 30.4 Å². The minimum Gasteiger partial charge on any atom is -0.342 e. The van der Waals surface area contributed by atoms with Gasteiger partial charge >= 0.3 is 0 Å². The van der Waals surface area contributed by atoms with E-state index in [0.717, 1.165) is 36.1 Å². The second-order valence-corrected chi connectivity index (χ2v) is 4.89. The van der Waals surface area contributed by atoms with Gasteiger partial charge in [-0.25, -0.2) is 4.98 Å². The maximum absolute atomic E-state index is 4.63. The van der Waals surface area contributed by atoms with Crippen LogP contribution in [0.4, 0.5) is 0 Å². The second-order valence-electron chi connectivity index (χ2n) is 4.89. The highest BCUT2D eigenvalue weighted by atomic mass is 14.9. The van der Waals surface area contributed by atoms with E-state index >= 15 is 0 Å². The zero-order valence-electron chi connectivity index (χ0n) is 11.0. The van der Waals surface area contributed by atoms with E-state index in [1.54, 1.807) is 0 Å². The fourth-order valence-corrected chi connectivity index (χ4v) is 2.54. The number of aromatic amines is 1. The summed E-state index contributed by atoms with van der Waals surface area (Å²) in [6.07, 6.45) is 9.83. The van der Waals surface area contributed by atoms with Crippen molar-refractivity contribution in [1.82, 2.24) is 9.97 Å². The number of allylic oxidation sites excluding steroid dienone is 4. The number of aryl methyl sites for hydroxylation is 2. The van der Waals surface area contributed by atoms with Gasteiger partial charge in [-0.05, 0) is 48.6 Å². The predicted octanol–water partition coefficient (Wildman–Crippen LogP) is 4.17. The minimum absolute atomic E-state index is 0.953. The number of nitrogens with one attached hydrogen (secondary N) is 1. The van der Waals surface area contributed by atoms with Crippen molar-refractivity contribution in [3.05, 3.63) is 47.3 Å². The lowest BCUT2D eigenvalue weighted by atomic mass is 9.96. The summed E-state index contributed by atoms with van der Waals surface area (Å²) in [6.45, 7) is 4.27.